The first-order valence-corrected chi connectivity index (χ1v) is 39.6. The lowest BCUT2D eigenvalue weighted by Crippen LogP contribution is -2.02. The largest absolute Gasteiger partial charge is 0.309 e. The molecule has 0 atom stereocenters. The normalized spacial score (nSPS) is 11.3. The van der Waals surface area contributed by atoms with Gasteiger partial charge in [-0.15, -0.1) is 0 Å². The average molecular weight is 1550 g/mol. The fourth-order valence-corrected chi connectivity index (χ4v) is 16.0. The van der Waals surface area contributed by atoms with Crippen molar-refractivity contribution < 1.29 is 0 Å². The van der Waals surface area contributed by atoms with Gasteiger partial charge in [-0.05, 0) is 132 Å². The average Bonchev–Trinajstić information content (AvgIpc) is 1.57. The summed E-state index contributed by atoms with van der Waals surface area (Å²) in [5, 5.41) is 14.8. The van der Waals surface area contributed by atoms with E-state index in [0.717, 1.165) is 150 Å². The van der Waals surface area contributed by atoms with E-state index in [-0.39, 0.29) is 0 Å². The Bertz CT molecular complexity index is 7110. The molecule has 0 aliphatic carbocycles. The first-order valence-electron chi connectivity index (χ1n) is 39.6. The number of hydrogen-bond acceptors (Lipinski definition) is 13. The molecule has 0 aliphatic heterocycles. The molecule has 0 bridgehead atoms. The highest BCUT2D eigenvalue weighted by Crippen LogP contribution is 2.47. The van der Waals surface area contributed by atoms with Gasteiger partial charge in [0, 0.05) is 99.6 Å². The molecular formula is C105H64N16. The van der Waals surface area contributed by atoms with Crippen LogP contribution in [0.4, 0.5) is 5.69 Å². The number of fused-ring (bicyclic) bond motifs is 6. The molecule has 21 rings (SSSR count). The maximum absolute atomic E-state index is 11.3. The Morgan fingerprint density at radius 3 is 0.793 bits per heavy atom. The van der Waals surface area contributed by atoms with E-state index in [1.54, 1.807) is 0 Å². The molecule has 0 spiro atoms. The molecule has 0 saturated heterocycles. The van der Waals surface area contributed by atoms with Crippen LogP contribution in [-0.2, 0) is 0 Å². The van der Waals surface area contributed by atoms with E-state index < -0.39 is 0 Å². The topological polar surface area (TPSA) is 193 Å². The van der Waals surface area contributed by atoms with Gasteiger partial charge in [-0.1, -0.05) is 267 Å². The quantitative estimate of drug-likeness (QED) is 0.0831. The predicted octanol–water partition coefficient (Wildman–Crippen LogP) is 24.7. The first-order chi connectivity index (χ1) is 59.7. The van der Waals surface area contributed by atoms with E-state index in [1.807, 2.05) is 286 Å². The number of rotatable bonds is 16. The predicted molar refractivity (Wildman–Crippen MR) is 480 cm³/mol. The minimum Gasteiger partial charge on any atom is -0.309 e. The Labute approximate surface area is 695 Å². The van der Waals surface area contributed by atoms with Crippen molar-refractivity contribution in [3.8, 4) is 176 Å². The maximum atomic E-state index is 11.3. The van der Waals surface area contributed by atoms with Crippen LogP contribution in [0, 0.1) is 24.8 Å². The molecule has 21 aromatic rings. The Hall–Kier alpha value is -17.1. The molecule has 0 fully saturated rings. The molecule has 121 heavy (non-hydrogen) atoms. The number of aromatic nitrogens is 14. The standard InChI is InChI=1S/C105H64N16/c1-65-43-50-81(78(57-65)64-106)82-51-49-80(120-89-52-44-74(102-112-94(66-27-11-3-12-28-66)108-95(113-102)67-29-13-4-14-30-67)58-84(89)85-59-75(45-53-90(85)120)103-114-96(68-31-15-5-16-32-68)109-97(115-103)69-33-17-6-18-34-69)63-83(82)88-62-79(107-2)48-56-93(88)121-91-54-46-76(104-116-98(70-35-19-7-20-36-70)110-99(117-104)71-37-21-8-22-38-71)60-86(91)87-61-77(47-55-92(87)121)105-118-100(72-39-23-9-24-40-72)111-101(119-105)73-41-25-10-26-42-73/h3-63H,1H3. The van der Waals surface area contributed by atoms with E-state index in [1.165, 1.54) is 0 Å². The molecule has 16 nitrogen and oxygen atoms in total. The number of nitriles is 1. The third kappa shape index (κ3) is 13.6. The van der Waals surface area contributed by atoms with Crippen LogP contribution in [0.2, 0.25) is 0 Å². The van der Waals surface area contributed by atoms with Gasteiger partial charge in [0.1, 0.15) is 0 Å². The highest BCUT2D eigenvalue weighted by Gasteiger charge is 2.27. The summed E-state index contributed by atoms with van der Waals surface area (Å²) in [5.74, 6) is 6.22. The maximum Gasteiger partial charge on any atom is 0.188 e. The highest BCUT2D eigenvalue weighted by atomic mass is 15.1. The van der Waals surface area contributed by atoms with Gasteiger partial charge in [-0.3, -0.25) is 0 Å². The van der Waals surface area contributed by atoms with Crippen molar-refractivity contribution in [1.82, 2.24) is 68.9 Å². The van der Waals surface area contributed by atoms with Crippen LogP contribution >= 0.6 is 0 Å². The Morgan fingerprint density at radius 2 is 0.512 bits per heavy atom. The van der Waals surface area contributed by atoms with Crippen molar-refractivity contribution in [2.45, 2.75) is 6.92 Å². The summed E-state index contributed by atoms with van der Waals surface area (Å²) in [6.07, 6.45) is 0. The molecule has 0 N–H and O–H groups in total. The van der Waals surface area contributed by atoms with Gasteiger partial charge in [0.2, 0.25) is 0 Å². The van der Waals surface area contributed by atoms with Gasteiger partial charge in [0.15, 0.2) is 75.6 Å². The summed E-state index contributed by atoms with van der Waals surface area (Å²) in [4.78, 5) is 66.5. The van der Waals surface area contributed by atoms with Crippen LogP contribution in [0.15, 0.2) is 370 Å². The first kappa shape index (κ1) is 71.7. The van der Waals surface area contributed by atoms with E-state index in [2.05, 4.69) is 111 Å². The number of benzene rings is 15. The molecule has 6 heterocycles. The van der Waals surface area contributed by atoms with Gasteiger partial charge in [0.25, 0.3) is 0 Å². The second-order valence-corrected chi connectivity index (χ2v) is 29.5. The summed E-state index contributed by atoms with van der Waals surface area (Å²) in [6.45, 7) is 10.8. The zero-order valence-electron chi connectivity index (χ0n) is 64.9. The third-order valence-corrected chi connectivity index (χ3v) is 21.8. The van der Waals surface area contributed by atoms with Crippen molar-refractivity contribution in [3.63, 3.8) is 0 Å². The van der Waals surface area contributed by atoms with Gasteiger partial charge < -0.3 is 9.13 Å². The van der Waals surface area contributed by atoms with E-state index in [4.69, 9.17) is 66.4 Å². The molecule has 0 unspecified atom stereocenters. The fourth-order valence-electron chi connectivity index (χ4n) is 16.0. The molecule has 16 heteroatoms. The summed E-state index contributed by atoms with van der Waals surface area (Å²) in [5.41, 5.74) is 19.6. The summed E-state index contributed by atoms with van der Waals surface area (Å²) < 4.78 is 4.56. The van der Waals surface area contributed by atoms with Crippen molar-refractivity contribution in [1.29, 1.82) is 5.26 Å². The second kappa shape index (κ2) is 30.6. The van der Waals surface area contributed by atoms with Crippen molar-refractivity contribution in [2.75, 3.05) is 0 Å². The molecule has 6 aromatic heterocycles. The molecule has 0 radical (unpaired) electrons. The van der Waals surface area contributed by atoms with Crippen LogP contribution < -0.4 is 0 Å². The second-order valence-electron chi connectivity index (χ2n) is 29.5. The SMILES string of the molecule is [C-]#[N+]c1ccc(-n2c3ccc(-c4nc(-c5ccccc5)nc(-c5ccccc5)n4)cc3c3cc(-c4nc(-c5ccccc5)nc(-c5ccccc5)n4)ccc32)c(-c2cc(-n3c4ccc(-c5nc(-c6ccccc6)nc(-c6ccccc6)n5)cc4c4cc(-c5nc(-c6ccccc6)nc(-c6ccccc6)n5)ccc43)ccc2-c2ccc(C)cc2C#N)c1. The van der Waals surface area contributed by atoms with Crippen LogP contribution in [0.1, 0.15) is 11.1 Å². The molecule has 564 valence electrons. The molecule has 0 saturated carbocycles. The monoisotopic (exact) mass is 1550 g/mol. The van der Waals surface area contributed by atoms with Gasteiger partial charge in [0.05, 0.1) is 46.0 Å². The minimum absolute atomic E-state index is 0.409. The Morgan fingerprint density at radius 1 is 0.240 bits per heavy atom. The Kier molecular flexibility index (Phi) is 18.1. The smallest absolute Gasteiger partial charge is 0.188 e. The lowest BCUT2D eigenvalue weighted by molar-refractivity contribution is 1.07. The van der Waals surface area contributed by atoms with Crippen LogP contribution in [0.3, 0.4) is 0 Å². The molecule has 0 amide bonds. The lowest BCUT2D eigenvalue weighted by Gasteiger charge is -2.20. The van der Waals surface area contributed by atoms with Gasteiger partial charge in [-0.25, -0.2) is 64.7 Å². The minimum atomic E-state index is 0.409. The van der Waals surface area contributed by atoms with Crippen LogP contribution in [-0.4, -0.2) is 68.9 Å². The van der Waals surface area contributed by atoms with Crippen LogP contribution in [0.25, 0.3) is 219 Å². The van der Waals surface area contributed by atoms with Crippen molar-refractivity contribution >= 4 is 49.3 Å². The zero-order chi connectivity index (χ0) is 80.9. The summed E-state index contributed by atoms with van der Waals surface area (Å²) in [6, 6.07) is 126. The summed E-state index contributed by atoms with van der Waals surface area (Å²) in [7, 11) is 0. The zero-order valence-corrected chi connectivity index (χ0v) is 64.9. The van der Waals surface area contributed by atoms with Gasteiger partial charge in [-0.2, -0.15) is 5.26 Å². The van der Waals surface area contributed by atoms with Gasteiger partial charge >= 0.3 is 0 Å². The summed E-state index contributed by atoms with van der Waals surface area (Å²) >= 11 is 0. The van der Waals surface area contributed by atoms with E-state index in [9.17, 15) is 5.26 Å². The molecule has 15 aromatic carbocycles. The Balaban J connectivity index is 0.810. The van der Waals surface area contributed by atoms with Crippen molar-refractivity contribution in [2.24, 2.45) is 0 Å². The fraction of sp³-hybridized carbons (Fsp3) is 0.00952. The third-order valence-electron chi connectivity index (χ3n) is 21.8. The highest BCUT2D eigenvalue weighted by molar-refractivity contribution is 6.14. The van der Waals surface area contributed by atoms with E-state index >= 15 is 0 Å². The molecule has 0 aliphatic rings. The molecular weight excluding hydrogens is 1490 g/mol. The van der Waals surface area contributed by atoms with E-state index in [0.29, 0.717) is 81.1 Å². The number of nitrogens with zero attached hydrogens (tertiary/aromatic N) is 16. The van der Waals surface area contributed by atoms with Crippen LogP contribution in [0.5, 0.6) is 0 Å². The van der Waals surface area contributed by atoms with Crippen molar-refractivity contribution in [3.05, 3.63) is 393 Å². The number of aryl methyl sites for hydroxylation is 1. The number of hydrogen-bond donors (Lipinski definition) is 0. The lowest BCUT2D eigenvalue weighted by atomic mass is 9.89.